The Labute approximate surface area is 227 Å². The highest BCUT2D eigenvalue weighted by molar-refractivity contribution is 5.97. The minimum atomic E-state index is -0.478. The highest BCUT2D eigenvalue weighted by atomic mass is 19.1. The van der Waals surface area contributed by atoms with Gasteiger partial charge in [-0.05, 0) is 90.2 Å². The van der Waals surface area contributed by atoms with E-state index in [-0.39, 0.29) is 11.7 Å². The first-order valence-corrected chi connectivity index (χ1v) is 12.9. The summed E-state index contributed by atoms with van der Waals surface area (Å²) >= 11 is 0. The van der Waals surface area contributed by atoms with Gasteiger partial charge in [-0.2, -0.15) is 0 Å². The van der Waals surface area contributed by atoms with Gasteiger partial charge in [0.1, 0.15) is 17.3 Å². The number of hydrogen-bond acceptors (Lipinski definition) is 4. The van der Waals surface area contributed by atoms with Crippen molar-refractivity contribution in [1.29, 1.82) is 0 Å². The molecule has 1 heterocycles. The van der Waals surface area contributed by atoms with Crippen LogP contribution >= 0.6 is 0 Å². The maximum atomic E-state index is 14.0. The molecule has 0 saturated heterocycles. The Morgan fingerprint density at radius 1 is 0.949 bits per heavy atom. The number of carbonyl (C=O) groups excluding carboxylic acids is 1. The molecule has 5 rings (SSSR count). The fraction of sp³-hybridized carbons (Fsp3) is 0.152. The lowest BCUT2D eigenvalue weighted by Gasteiger charge is -2.20. The van der Waals surface area contributed by atoms with Gasteiger partial charge in [0, 0.05) is 17.3 Å². The number of ether oxygens (including phenoxy) is 2. The molecule has 0 radical (unpaired) electrons. The number of methoxy groups -OCH3 is 1. The van der Waals surface area contributed by atoms with E-state index in [4.69, 9.17) is 9.47 Å². The van der Waals surface area contributed by atoms with Crippen molar-refractivity contribution in [3.8, 4) is 22.6 Å². The molecule has 0 spiro atoms. The highest BCUT2D eigenvalue weighted by Crippen LogP contribution is 2.32. The zero-order valence-corrected chi connectivity index (χ0v) is 21.9. The molecule has 5 nitrogen and oxygen atoms in total. The van der Waals surface area contributed by atoms with E-state index in [0.717, 1.165) is 44.7 Å². The minimum Gasteiger partial charge on any atom is -0.496 e. The summed E-state index contributed by atoms with van der Waals surface area (Å²) in [5, 5.41) is 3.80. The molecular formula is C33H29FN2O3. The molecule has 1 unspecified atom stereocenters. The predicted molar refractivity (Wildman–Crippen MR) is 153 cm³/mol. The molecular weight excluding hydrogens is 491 g/mol. The van der Waals surface area contributed by atoms with E-state index in [9.17, 15) is 9.18 Å². The van der Waals surface area contributed by atoms with Gasteiger partial charge in [0.25, 0.3) is 0 Å². The number of carbonyl (C=O) groups is 1. The number of aromatic nitrogens is 1. The van der Waals surface area contributed by atoms with E-state index in [0.29, 0.717) is 18.7 Å². The SMILES string of the molecule is CCOc1ccc(NC(=O)C(Cc2ccccc2OC)c2ccc(-c3ccnc4ccc(F)cc34)cc2)cc1. The number of rotatable bonds is 9. The molecule has 1 atom stereocenters. The average Bonchev–Trinajstić information content (AvgIpc) is 2.97. The molecule has 0 fully saturated rings. The fourth-order valence-electron chi connectivity index (χ4n) is 4.75. The lowest BCUT2D eigenvalue weighted by atomic mass is 9.89. The van der Waals surface area contributed by atoms with Crippen molar-refractivity contribution in [2.24, 2.45) is 0 Å². The number of hydrogen-bond donors (Lipinski definition) is 1. The summed E-state index contributed by atoms with van der Waals surface area (Å²) in [6.45, 7) is 2.51. The number of amides is 1. The van der Waals surface area contributed by atoms with E-state index in [1.54, 1.807) is 19.4 Å². The van der Waals surface area contributed by atoms with Crippen LogP contribution in [-0.2, 0) is 11.2 Å². The van der Waals surface area contributed by atoms with Crippen LogP contribution in [0.2, 0.25) is 0 Å². The number of benzene rings is 4. The largest absolute Gasteiger partial charge is 0.496 e. The van der Waals surface area contributed by atoms with Crippen molar-refractivity contribution in [2.75, 3.05) is 19.0 Å². The van der Waals surface area contributed by atoms with Crippen molar-refractivity contribution >= 4 is 22.5 Å². The Balaban J connectivity index is 1.47. The summed E-state index contributed by atoms with van der Waals surface area (Å²) in [6.07, 6.45) is 2.17. The quantitative estimate of drug-likeness (QED) is 0.220. The third-order valence-electron chi connectivity index (χ3n) is 6.69. The van der Waals surface area contributed by atoms with Crippen LogP contribution in [0.1, 0.15) is 24.0 Å². The Morgan fingerprint density at radius 2 is 1.72 bits per heavy atom. The molecule has 1 N–H and O–H groups in total. The van der Waals surface area contributed by atoms with Crippen molar-refractivity contribution in [1.82, 2.24) is 4.98 Å². The predicted octanol–water partition coefficient (Wildman–Crippen LogP) is 7.41. The van der Waals surface area contributed by atoms with Crippen LogP contribution in [0.25, 0.3) is 22.0 Å². The van der Waals surface area contributed by atoms with Gasteiger partial charge in [-0.3, -0.25) is 9.78 Å². The summed E-state index contributed by atoms with van der Waals surface area (Å²) in [7, 11) is 1.63. The van der Waals surface area contributed by atoms with Crippen molar-refractivity contribution in [3.63, 3.8) is 0 Å². The Bertz CT molecular complexity index is 1580. The number of fused-ring (bicyclic) bond motifs is 1. The van der Waals surface area contributed by atoms with E-state index in [2.05, 4.69) is 10.3 Å². The Kier molecular flexibility index (Phi) is 7.83. The summed E-state index contributed by atoms with van der Waals surface area (Å²) < 4.78 is 25.1. The number of pyridine rings is 1. The van der Waals surface area contributed by atoms with Crippen molar-refractivity contribution in [2.45, 2.75) is 19.3 Å². The average molecular weight is 521 g/mol. The number of halogens is 1. The molecule has 1 aromatic heterocycles. The summed E-state index contributed by atoms with van der Waals surface area (Å²) in [6, 6.07) is 29.4. The van der Waals surface area contributed by atoms with Gasteiger partial charge in [0.15, 0.2) is 0 Å². The topological polar surface area (TPSA) is 60.5 Å². The minimum absolute atomic E-state index is 0.130. The zero-order valence-electron chi connectivity index (χ0n) is 21.9. The zero-order chi connectivity index (χ0) is 27.2. The van der Waals surface area contributed by atoms with Gasteiger partial charge in [-0.15, -0.1) is 0 Å². The van der Waals surface area contributed by atoms with Crippen LogP contribution in [0.15, 0.2) is 103 Å². The molecule has 4 aromatic carbocycles. The third-order valence-corrected chi connectivity index (χ3v) is 6.69. The molecule has 0 bridgehead atoms. The summed E-state index contributed by atoms with van der Waals surface area (Å²) in [5.74, 6) is 0.567. The number of nitrogens with one attached hydrogen (secondary N) is 1. The van der Waals surface area contributed by atoms with E-state index < -0.39 is 5.92 Å². The lowest BCUT2D eigenvalue weighted by molar-refractivity contribution is -0.117. The van der Waals surface area contributed by atoms with Crippen LogP contribution in [0.5, 0.6) is 11.5 Å². The second-order valence-electron chi connectivity index (χ2n) is 9.16. The van der Waals surface area contributed by atoms with Crippen LogP contribution in [0, 0.1) is 5.82 Å². The normalized spacial score (nSPS) is 11.7. The van der Waals surface area contributed by atoms with Crippen LogP contribution in [-0.4, -0.2) is 24.6 Å². The van der Waals surface area contributed by atoms with Gasteiger partial charge in [-0.1, -0.05) is 42.5 Å². The second-order valence-corrected chi connectivity index (χ2v) is 9.16. The van der Waals surface area contributed by atoms with Gasteiger partial charge in [0.2, 0.25) is 5.91 Å². The van der Waals surface area contributed by atoms with Crippen molar-refractivity contribution < 1.29 is 18.7 Å². The second kappa shape index (κ2) is 11.8. The Hall–Kier alpha value is -4.71. The van der Waals surface area contributed by atoms with Crippen molar-refractivity contribution in [3.05, 3.63) is 120 Å². The maximum absolute atomic E-state index is 14.0. The Morgan fingerprint density at radius 3 is 2.46 bits per heavy atom. The molecule has 6 heteroatoms. The van der Waals surface area contributed by atoms with E-state index in [1.807, 2.05) is 85.8 Å². The maximum Gasteiger partial charge on any atom is 0.232 e. The fourth-order valence-corrected chi connectivity index (χ4v) is 4.75. The molecule has 39 heavy (non-hydrogen) atoms. The molecule has 0 aliphatic carbocycles. The van der Waals surface area contributed by atoms with Gasteiger partial charge < -0.3 is 14.8 Å². The smallest absolute Gasteiger partial charge is 0.232 e. The molecule has 5 aromatic rings. The van der Waals surface area contributed by atoms with E-state index in [1.165, 1.54) is 12.1 Å². The standard InChI is InChI=1S/C33H29FN2O3/c1-3-39-27-15-13-26(14-16-27)36-33(37)29(20-24-6-4-5-7-32(24)38-2)23-10-8-22(9-11-23)28-18-19-35-31-17-12-25(34)21-30(28)31/h4-19,21,29H,3,20H2,1-2H3,(H,36,37). The molecule has 0 saturated carbocycles. The first kappa shape index (κ1) is 25.9. The van der Waals surface area contributed by atoms with Crippen LogP contribution in [0.4, 0.5) is 10.1 Å². The van der Waals surface area contributed by atoms with Gasteiger partial charge in [-0.25, -0.2) is 4.39 Å². The first-order chi connectivity index (χ1) is 19.1. The molecule has 1 amide bonds. The lowest BCUT2D eigenvalue weighted by Crippen LogP contribution is -2.23. The molecule has 0 aliphatic heterocycles. The number of para-hydroxylation sites is 1. The third kappa shape index (κ3) is 5.91. The molecule has 196 valence electrons. The van der Waals surface area contributed by atoms with Gasteiger partial charge in [0.05, 0.1) is 25.2 Å². The van der Waals surface area contributed by atoms with Crippen LogP contribution in [0.3, 0.4) is 0 Å². The monoisotopic (exact) mass is 520 g/mol. The summed E-state index contributed by atoms with van der Waals surface area (Å²) in [4.78, 5) is 18.0. The highest BCUT2D eigenvalue weighted by Gasteiger charge is 2.23. The number of nitrogens with zero attached hydrogens (tertiary/aromatic N) is 1. The van der Waals surface area contributed by atoms with E-state index >= 15 is 0 Å². The first-order valence-electron chi connectivity index (χ1n) is 12.9. The molecule has 0 aliphatic rings. The van der Waals surface area contributed by atoms with Gasteiger partial charge >= 0.3 is 0 Å². The van der Waals surface area contributed by atoms with Crippen LogP contribution < -0.4 is 14.8 Å². The summed E-state index contributed by atoms with van der Waals surface area (Å²) in [5.41, 5.74) is 5.01. The number of anilines is 1.